The molecule has 91 valence electrons. The van der Waals surface area contributed by atoms with Gasteiger partial charge in [-0.3, -0.25) is 4.90 Å². The van der Waals surface area contributed by atoms with Gasteiger partial charge in [0.05, 0.1) is 13.2 Å². The van der Waals surface area contributed by atoms with E-state index in [0.29, 0.717) is 0 Å². The first kappa shape index (κ1) is 11.2. The molecule has 0 spiro atoms. The Kier molecular flexibility index (Phi) is 3.44. The average Bonchev–Trinajstić information content (AvgIpc) is 2.90. The SMILES string of the molecule is [c]1ccc(C2CCC(N3CCOCC3)C2)cc1. The molecule has 0 amide bonds. The number of ether oxygens (including phenoxy) is 1. The first-order valence-electron chi connectivity index (χ1n) is 6.71. The second-order valence-corrected chi connectivity index (χ2v) is 5.15. The Labute approximate surface area is 104 Å². The van der Waals surface area contributed by atoms with E-state index in [4.69, 9.17) is 4.74 Å². The normalized spacial score (nSPS) is 30.6. The van der Waals surface area contributed by atoms with E-state index in [1.165, 1.54) is 24.8 Å². The fourth-order valence-corrected chi connectivity index (χ4v) is 3.21. The Morgan fingerprint density at radius 1 is 1.12 bits per heavy atom. The van der Waals surface area contributed by atoms with Crippen molar-refractivity contribution in [1.29, 1.82) is 0 Å². The lowest BCUT2D eigenvalue weighted by Gasteiger charge is -2.32. The summed E-state index contributed by atoms with van der Waals surface area (Å²) in [6.45, 7) is 4.09. The maximum absolute atomic E-state index is 5.42. The van der Waals surface area contributed by atoms with Crippen LogP contribution in [0.25, 0.3) is 0 Å². The molecule has 2 aliphatic rings. The summed E-state index contributed by atoms with van der Waals surface area (Å²) in [6, 6.07) is 12.4. The van der Waals surface area contributed by atoms with E-state index < -0.39 is 0 Å². The summed E-state index contributed by atoms with van der Waals surface area (Å²) in [7, 11) is 0. The number of nitrogens with zero attached hydrogens (tertiary/aromatic N) is 1. The van der Waals surface area contributed by atoms with E-state index >= 15 is 0 Å². The smallest absolute Gasteiger partial charge is 0.0594 e. The van der Waals surface area contributed by atoms with Gasteiger partial charge in [0, 0.05) is 19.1 Å². The maximum Gasteiger partial charge on any atom is 0.0594 e. The molecule has 2 unspecified atom stereocenters. The Bertz CT molecular complexity index is 345. The minimum atomic E-state index is 0.762. The Morgan fingerprint density at radius 3 is 2.65 bits per heavy atom. The van der Waals surface area contributed by atoms with Crippen molar-refractivity contribution in [2.75, 3.05) is 26.3 Å². The fraction of sp³-hybridized carbons (Fsp3) is 0.600. The zero-order valence-electron chi connectivity index (χ0n) is 10.3. The lowest BCUT2D eigenvalue weighted by atomic mass is 9.97. The minimum Gasteiger partial charge on any atom is -0.379 e. The number of hydrogen-bond donors (Lipinski definition) is 0. The van der Waals surface area contributed by atoms with Crippen molar-refractivity contribution in [3.05, 3.63) is 35.9 Å². The molecule has 2 fully saturated rings. The summed E-state index contributed by atoms with van der Waals surface area (Å²) in [5.74, 6) is 0.762. The van der Waals surface area contributed by atoms with Crippen LogP contribution in [0, 0.1) is 6.07 Å². The van der Waals surface area contributed by atoms with Gasteiger partial charge in [0.25, 0.3) is 0 Å². The zero-order chi connectivity index (χ0) is 11.5. The molecule has 1 saturated heterocycles. The highest BCUT2D eigenvalue weighted by molar-refractivity contribution is 5.20. The first-order chi connectivity index (χ1) is 8.43. The van der Waals surface area contributed by atoms with Crippen molar-refractivity contribution in [1.82, 2.24) is 4.90 Å². The monoisotopic (exact) mass is 230 g/mol. The summed E-state index contributed by atoms with van der Waals surface area (Å²) >= 11 is 0. The molecular weight excluding hydrogens is 210 g/mol. The van der Waals surface area contributed by atoms with Crippen LogP contribution in [0.2, 0.25) is 0 Å². The highest BCUT2D eigenvalue weighted by Gasteiger charge is 2.30. The van der Waals surface area contributed by atoms with Gasteiger partial charge in [-0.05, 0) is 36.8 Å². The van der Waals surface area contributed by atoms with Crippen LogP contribution in [0.5, 0.6) is 0 Å². The third-order valence-electron chi connectivity index (χ3n) is 4.18. The van der Waals surface area contributed by atoms with Crippen LogP contribution in [0.4, 0.5) is 0 Å². The quantitative estimate of drug-likeness (QED) is 0.774. The van der Waals surface area contributed by atoms with Gasteiger partial charge in [-0.1, -0.05) is 24.3 Å². The Hall–Kier alpha value is -0.860. The molecule has 1 aromatic rings. The van der Waals surface area contributed by atoms with Crippen molar-refractivity contribution >= 4 is 0 Å². The molecule has 1 heterocycles. The summed E-state index contributed by atoms with van der Waals surface area (Å²) in [5.41, 5.74) is 1.50. The molecular formula is C15H20NO. The van der Waals surface area contributed by atoms with Crippen LogP contribution < -0.4 is 0 Å². The Balaban J connectivity index is 1.61. The van der Waals surface area contributed by atoms with Gasteiger partial charge in [-0.15, -0.1) is 0 Å². The van der Waals surface area contributed by atoms with Gasteiger partial charge in [-0.2, -0.15) is 0 Å². The van der Waals surface area contributed by atoms with Crippen LogP contribution in [0.3, 0.4) is 0 Å². The second-order valence-electron chi connectivity index (χ2n) is 5.15. The molecule has 3 rings (SSSR count). The van der Waals surface area contributed by atoms with Crippen LogP contribution in [-0.2, 0) is 4.74 Å². The summed E-state index contributed by atoms with van der Waals surface area (Å²) in [5, 5.41) is 0. The van der Waals surface area contributed by atoms with E-state index in [0.717, 1.165) is 38.3 Å². The van der Waals surface area contributed by atoms with Crippen LogP contribution in [0.1, 0.15) is 30.7 Å². The van der Waals surface area contributed by atoms with Gasteiger partial charge in [-0.25, -0.2) is 0 Å². The number of hydrogen-bond acceptors (Lipinski definition) is 2. The van der Waals surface area contributed by atoms with Gasteiger partial charge >= 0.3 is 0 Å². The van der Waals surface area contributed by atoms with Crippen LogP contribution in [-0.4, -0.2) is 37.2 Å². The van der Waals surface area contributed by atoms with Crippen LogP contribution >= 0.6 is 0 Å². The average molecular weight is 230 g/mol. The van der Waals surface area contributed by atoms with E-state index in [1.54, 1.807) is 0 Å². The van der Waals surface area contributed by atoms with E-state index in [2.05, 4.69) is 23.1 Å². The van der Waals surface area contributed by atoms with Crippen molar-refractivity contribution in [2.24, 2.45) is 0 Å². The number of morpholine rings is 1. The molecule has 17 heavy (non-hydrogen) atoms. The summed E-state index contributed by atoms with van der Waals surface area (Å²) in [4.78, 5) is 2.62. The fourth-order valence-electron chi connectivity index (χ4n) is 3.21. The standard InChI is InChI=1S/C15H20NO/c1-2-4-13(5-3-1)14-6-7-15(12-14)16-8-10-17-11-9-16/h2-5,14-15H,6-12H2. The molecule has 2 heteroatoms. The first-order valence-corrected chi connectivity index (χ1v) is 6.71. The second kappa shape index (κ2) is 5.19. The van der Waals surface area contributed by atoms with E-state index in [1.807, 2.05) is 12.1 Å². The predicted octanol–water partition coefficient (Wildman–Crippen LogP) is 2.46. The topological polar surface area (TPSA) is 12.5 Å². The highest BCUT2D eigenvalue weighted by Crippen LogP contribution is 2.36. The largest absolute Gasteiger partial charge is 0.379 e. The third-order valence-corrected chi connectivity index (χ3v) is 4.18. The molecule has 1 aromatic carbocycles. The third kappa shape index (κ3) is 2.53. The van der Waals surface area contributed by atoms with Gasteiger partial charge in [0.15, 0.2) is 0 Å². The van der Waals surface area contributed by atoms with Gasteiger partial charge < -0.3 is 4.74 Å². The highest BCUT2D eigenvalue weighted by atomic mass is 16.5. The van der Waals surface area contributed by atoms with Gasteiger partial charge in [0.1, 0.15) is 0 Å². The molecule has 2 atom stereocenters. The maximum atomic E-state index is 5.42. The summed E-state index contributed by atoms with van der Waals surface area (Å²) < 4.78 is 5.42. The lowest BCUT2D eigenvalue weighted by molar-refractivity contribution is 0.0177. The minimum absolute atomic E-state index is 0.762. The van der Waals surface area contributed by atoms with Crippen molar-refractivity contribution in [3.63, 3.8) is 0 Å². The molecule has 0 bridgehead atoms. The predicted molar refractivity (Wildman–Crippen MR) is 68.1 cm³/mol. The molecule has 0 N–H and O–H groups in total. The van der Waals surface area contributed by atoms with Gasteiger partial charge in [0.2, 0.25) is 0 Å². The molecule has 1 aliphatic heterocycles. The number of rotatable bonds is 2. The van der Waals surface area contributed by atoms with Crippen LogP contribution in [0.15, 0.2) is 24.3 Å². The number of benzene rings is 1. The molecule has 1 saturated carbocycles. The summed E-state index contributed by atoms with van der Waals surface area (Å²) in [6.07, 6.45) is 4.01. The van der Waals surface area contributed by atoms with E-state index in [-0.39, 0.29) is 0 Å². The molecule has 1 aliphatic carbocycles. The molecule has 0 aromatic heterocycles. The Morgan fingerprint density at radius 2 is 1.88 bits per heavy atom. The molecule has 1 radical (unpaired) electrons. The molecule has 2 nitrogen and oxygen atoms in total. The van der Waals surface area contributed by atoms with Crippen molar-refractivity contribution in [2.45, 2.75) is 31.2 Å². The zero-order valence-corrected chi connectivity index (χ0v) is 10.3. The van der Waals surface area contributed by atoms with Crippen molar-refractivity contribution in [3.8, 4) is 0 Å². The van der Waals surface area contributed by atoms with E-state index in [9.17, 15) is 0 Å². The lowest BCUT2D eigenvalue weighted by Crippen LogP contribution is -2.42. The van der Waals surface area contributed by atoms with Crippen molar-refractivity contribution < 1.29 is 4.74 Å².